The van der Waals surface area contributed by atoms with Gasteiger partial charge in [-0.25, -0.2) is 0 Å². The fourth-order valence-corrected chi connectivity index (χ4v) is 2.66. The molecule has 1 rings (SSSR count). The zero-order chi connectivity index (χ0) is 13.9. The predicted octanol–water partition coefficient (Wildman–Crippen LogP) is 3.57. The lowest BCUT2D eigenvalue weighted by Crippen LogP contribution is -2.40. The number of rotatable bonds is 4. The molecule has 102 valence electrons. The van der Waals surface area contributed by atoms with Crippen LogP contribution in [-0.4, -0.2) is 16.4 Å². The van der Waals surface area contributed by atoms with Crippen LogP contribution in [0.4, 0.5) is 0 Å². The van der Waals surface area contributed by atoms with E-state index in [4.69, 9.17) is 4.74 Å². The van der Waals surface area contributed by atoms with Crippen LogP contribution in [0.25, 0.3) is 0 Å². The second kappa shape index (κ2) is 6.28. The third-order valence-electron chi connectivity index (χ3n) is 2.47. The van der Waals surface area contributed by atoms with Crippen LogP contribution in [0, 0.1) is 0 Å². The molecular formula is C13H20BrNO2S. The van der Waals surface area contributed by atoms with Crippen molar-refractivity contribution in [2.75, 3.05) is 7.11 Å². The minimum absolute atomic E-state index is 0.00328. The van der Waals surface area contributed by atoms with Crippen molar-refractivity contribution in [2.45, 2.75) is 38.5 Å². The van der Waals surface area contributed by atoms with E-state index in [9.17, 15) is 4.55 Å². The Bertz CT molecular complexity index is 406. The first kappa shape index (κ1) is 15.8. The smallest absolute Gasteiger partial charge is 0.136 e. The number of halogens is 1. The van der Waals surface area contributed by atoms with Crippen molar-refractivity contribution in [3.8, 4) is 5.75 Å². The standard InChI is InChI=1S/C13H20BrNO2S/c1-9(15-18(16)13(2,3)4)10-6-11(14)8-12(7-10)17-5/h6-9,15H,1-5H3/t9?,18-/m0/s1. The van der Waals surface area contributed by atoms with Gasteiger partial charge in [0.1, 0.15) is 10.5 Å². The molecule has 5 heteroatoms. The minimum Gasteiger partial charge on any atom is -0.598 e. The van der Waals surface area contributed by atoms with E-state index >= 15 is 0 Å². The van der Waals surface area contributed by atoms with E-state index in [0.717, 1.165) is 15.8 Å². The first-order valence-corrected chi connectivity index (χ1v) is 7.71. The summed E-state index contributed by atoms with van der Waals surface area (Å²) in [6, 6.07) is 5.84. The zero-order valence-electron chi connectivity index (χ0n) is 11.4. The zero-order valence-corrected chi connectivity index (χ0v) is 13.8. The summed E-state index contributed by atoms with van der Waals surface area (Å²) < 4.78 is 21.1. The molecule has 1 N–H and O–H groups in total. The SMILES string of the molecule is COc1cc(Br)cc(C(C)N[S@@+]([O-])C(C)(C)C)c1. The molecule has 0 spiro atoms. The van der Waals surface area contributed by atoms with Crippen molar-refractivity contribution in [1.82, 2.24) is 4.72 Å². The highest BCUT2D eigenvalue weighted by molar-refractivity contribution is 9.10. The molecule has 18 heavy (non-hydrogen) atoms. The first-order valence-electron chi connectivity index (χ1n) is 5.76. The van der Waals surface area contributed by atoms with Gasteiger partial charge in [-0.2, -0.15) is 0 Å². The Labute approximate surface area is 121 Å². The van der Waals surface area contributed by atoms with E-state index in [1.165, 1.54) is 0 Å². The monoisotopic (exact) mass is 333 g/mol. The van der Waals surface area contributed by atoms with Gasteiger partial charge in [-0.1, -0.05) is 15.9 Å². The third-order valence-corrected chi connectivity index (χ3v) is 4.61. The van der Waals surface area contributed by atoms with Crippen LogP contribution in [-0.2, 0) is 11.4 Å². The Balaban J connectivity index is 2.84. The molecule has 3 nitrogen and oxygen atoms in total. The molecule has 0 saturated carbocycles. The van der Waals surface area contributed by atoms with Gasteiger partial charge in [0.05, 0.1) is 13.2 Å². The number of hydrogen-bond acceptors (Lipinski definition) is 3. The summed E-state index contributed by atoms with van der Waals surface area (Å²) in [5.41, 5.74) is 1.04. The van der Waals surface area contributed by atoms with Gasteiger partial charge in [0.2, 0.25) is 0 Å². The molecule has 0 aliphatic rings. The summed E-state index contributed by atoms with van der Waals surface area (Å²) in [7, 11) is 1.64. The van der Waals surface area contributed by atoms with Gasteiger partial charge in [-0.3, -0.25) is 0 Å². The van der Waals surface area contributed by atoms with Gasteiger partial charge < -0.3 is 9.29 Å². The number of methoxy groups -OCH3 is 1. The predicted molar refractivity (Wildman–Crippen MR) is 80.1 cm³/mol. The molecule has 0 aliphatic heterocycles. The maximum atomic E-state index is 12.0. The lowest BCUT2D eigenvalue weighted by atomic mass is 10.1. The van der Waals surface area contributed by atoms with Crippen molar-refractivity contribution in [1.29, 1.82) is 0 Å². The van der Waals surface area contributed by atoms with E-state index in [2.05, 4.69) is 20.7 Å². The summed E-state index contributed by atoms with van der Waals surface area (Å²) in [6.45, 7) is 7.84. The van der Waals surface area contributed by atoms with Crippen molar-refractivity contribution in [3.63, 3.8) is 0 Å². The molecular weight excluding hydrogens is 314 g/mol. The molecule has 0 fully saturated rings. The number of nitrogens with one attached hydrogen (secondary N) is 1. The first-order chi connectivity index (χ1) is 8.24. The van der Waals surface area contributed by atoms with E-state index in [0.29, 0.717) is 0 Å². The lowest BCUT2D eigenvalue weighted by Gasteiger charge is -2.26. The normalized spacial score (nSPS) is 15.3. The summed E-state index contributed by atoms with van der Waals surface area (Å²) in [5, 5.41) is 0. The highest BCUT2D eigenvalue weighted by Gasteiger charge is 2.28. The Morgan fingerprint density at radius 2 is 1.94 bits per heavy atom. The van der Waals surface area contributed by atoms with Crippen LogP contribution in [0.3, 0.4) is 0 Å². The fraction of sp³-hybridized carbons (Fsp3) is 0.538. The van der Waals surface area contributed by atoms with Crippen molar-refractivity contribution < 1.29 is 9.29 Å². The average molecular weight is 334 g/mol. The summed E-state index contributed by atoms with van der Waals surface area (Å²) >= 11 is 2.35. The Kier molecular flexibility index (Phi) is 5.52. The highest BCUT2D eigenvalue weighted by Crippen LogP contribution is 2.26. The maximum Gasteiger partial charge on any atom is 0.136 e. The van der Waals surface area contributed by atoms with Crippen molar-refractivity contribution >= 4 is 27.3 Å². The van der Waals surface area contributed by atoms with E-state index in [1.54, 1.807) is 7.11 Å². The lowest BCUT2D eigenvalue weighted by molar-refractivity contribution is 0.413. The summed E-state index contributed by atoms with van der Waals surface area (Å²) in [6.07, 6.45) is 0. The molecule has 2 atom stereocenters. The van der Waals surface area contributed by atoms with Crippen molar-refractivity contribution in [2.24, 2.45) is 0 Å². The Morgan fingerprint density at radius 1 is 1.33 bits per heavy atom. The maximum absolute atomic E-state index is 12.0. The Hall–Kier alpha value is -0.230. The van der Waals surface area contributed by atoms with Gasteiger partial charge in [-0.15, -0.1) is 4.72 Å². The van der Waals surface area contributed by atoms with Crippen LogP contribution in [0.2, 0.25) is 0 Å². The van der Waals surface area contributed by atoms with Crippen LogP contribution >= 0.6 is 15.9 Å². The van der Waals surface area contributed by atoms with E-state index < -0.39 is 11.4 Å². The fourth-order valence-electron chi connectivity index (χ4n) is 1.36. The third kappa shape index (κ3) is 4.46. The van der Waals surface area contributed by atoms with Crippen LogP contribution in [0.5, 0.6) is 5.75 Å². The molecule has 0 radical (unpaired) electrons. The molecule has 1 unspecified atom stereocenters. The minimum atomic E-state index is -1.09. The van der Waals surface area contributed by atoms with Gasteiger partial charge in [0, 0.05) is 15.8 Å². The number of ether oxygens (including phenoxy) is 1. The summed E-state index contributed by atoms with van der Waals surface area (Å²) in [5.74, 6) is 0.787. The quantitative estimate of drug-likeness (QED) is 0.856. The van der Waals surface area contributed by atoms with Gasteiger partial charge in [-0.05, 0) is 51.5 Å². The number of benzene rings is 1. The topological polar surface area (TPSA) is 44.3 Å². The molecule has 0 bridgehead atoms. The molecule has 0 saturated heterocycles. The molecule has 1 aromatic carbocycles. The van der Waals surface area contributed by atoms with Gasteiger partial charge in [0.25, 0.3) is 0 Å². The average Bonchev–Trinajstić information content (AvgIpc) is 2.26. The van der Waals surface area contributed by atoms with E-state index in [-0.39, 0.29) is 10.8 Å². The summed E-state index contributed by atoms with van der Waals surface area (Å²) in [4.78, 5) is 0. The van der Waals surface area contributed by atoms with Crippen LogP contribution < -0.4 is 9.46 Å². The second-order valence-corrected chi connectivity index (χ2v) is 8.06. The van der Waals surface area contributed by atoms with Crippen LogP contribution in [0.15, 0.2) is 22.7 Å². The van der Waals surface area contributed by atoms with E-state index in [1.807, 2.05) is 45.9 Å². The Morgan fingerprint density at radius 3 is 2.44 bits per heavy atom. The second-order valence-electron chi connectivity index (χ2n) is 5.15. The largest absolute Gasteiger partial charge is 0.598 e. The van der Waals surface area contributed by atoms with Crippen LogP contribution in [0.1, 0.15) is 39.3 Å². The molecule has 0 heterocycles. The van der Waals surface area contributed by atoms with Gasteiger partial charge in [0.15, 0.2) is 0 Å². The number of hydrogen-bond donors (Lipinski definition) is 1. The van der Waals surface area contributed by atoms with Crippen molar-refractivity contribution in [3.05, 3.63) is 28.2 Å². The molecule has 1 aromatic rings. The molecule has 0 aliphatic carbocycles. The highest BCUT2D eigenvalue weighted by atomic mass is 79.9. The molecule has 0 amide bonds. The van der Waals surface area contributed by atoms with Gasteiger partial charge >= 0.3 is 0 Å². The molecule has 0 aromatic heterocycles.